The van der Waals surface area contributed by atoms with Crippen molar-refractivity contribution in [1.29, 1.82) is 0 Å². The van der Waals surface area contributed by atoms with E-state index in [4.69, 9.17) is 9.47 Å². The average Bonchev–Trinajstić information content (AvgIpc) is 3.19. The minimum Gasteiger partial charge on any atom is -0.454 e. The van der Waals surface area contributed by atoms with Gasteiger partial charge in [0, 0.05) is 57.4 Å². The van der Waals surface area contributed by atoms with Gasteiger partial charge in [-0.1, -0.05) is 6.92 Å². The number of hydrogen-bond donors (Lipinski definition) is 2. The predicted octanol–water partition coefficient (Wildman–Crippen LogP) is 2.33. The van der Waals surface area contributed by atoms with Crippen molar-refractivity contribution in [2.45, 2.75) is 27.0 Å². The van der Waals surface area contributed by atoms with Crippen LogP contribution in [0.15, 0.2) is 17.1 Å². The average molecular weight is 555 g/mol. The zero-order valence-corrected chi connectivity index (χ0v) is 20.4. The molecule has 1 saturated heterocycles. The van der Waals surface area contributed by atoms with Gasteiger partial charge in [0.05, 0.1) is 6.54 Å². The summed E-state index contributed by atoms with van der Waals surface area (Å²) < 4.78 is 40.8. The van der Waals surface area contributed by atoms with Gasteiger partial charge in [0.25, 0.3) is 0 Å². The quantitative estimate of drug-likeness (QED) is 0.276. The molecule has 0 unspecified atom stereocenters. The van der Waals surface area contributed by atoms with Crippen molar-refractivity contribution in [3.8, 4) is 17.2 Å². The van der Waals surface area contributed by atoms with Gasteiger partial charge in [0.2, 0.25) is 6.79 Å². The van der Waals surface area contributed by atoms with Crippen LogP contribution in [0, 0.1) is 0 Å². The van der Waals surface area contributed by atoms with E-state index < -0.39 is 6.61 Å². The molecule has 0 amide bonds. The van der Waals surface area contributed by atoms with Crippen molar-refractivity contribution in [3.05, 3.63) is 17.7 Å². The van der Waals surface area contributed by atoms with Crippen LogP contribution >= 0.6 is 24.0 Å². The largest absolute Gasteiger partial charge is 0.454 e. The van der Waals surface area contributed by atoms with Crippen LogP contribution in [0.5, 0.6) is 17.2 Å². The molecule has 2 aliphatic rings. The number of hydrogen-bond acceptors (Lipinski definition) is 6. The van der Waals surface area contributed by atoms with Crippen LogP contribution in [0.3, 0.4) is 0 Å². The number of fused-ring (bicyclic) bond motifs is 1. The first-order valence-corrected chi connectivity index (χ1v) is 10.4. The van der Waals surface area contributed by atoms with Crippen molar-refractivity contribution in [2.75, 3.05) is 59.2 Å². The van der Waals surface area contributed by atoms with Gasteiger partial charge in [-0.2, -0.15) is 8.78 Å². The third-order valence-corrected chi connectivity index (χ3v) is 5.16. The number of piperazine rings is 1. The highest BCUT2D eigenvalue weighted by molar-refractivity contribution is 14.0. The summed E-state index contributed by atoms with van der Waals surface area (Å²) in [6.07, 6.45) is 0. The monoisotopic (exact) mass is 555 g/mol. The molecule has 0 saturated carbocycles. The Kier molecular flexibility index (Phi) is 10.8. The molecule has 0 atom stereocenters. The minimum absolute atomic E-state index is 0. The van der Waals surface area contributed by atoms with E-state index in [1.165, 1.54) is 6.07 Å². The third kappa shape index (κ3) is 7.79. The summed E-state index contributed by atoms with van der Waals surface area (Å²) in [5.41, 5.74) is 0.507. The Bertz CT molecular complexity index is 718. The van der Waals surface area contributed by atoms with Crippen molar-refractivity contribution < 1.29 is 23.0 Å². The Labute approximate surface area is 199 Å². The normalized spacial score (nSPS) is 16.9. The molecule has 31 heavy (non-hydrogen) atoms. The molecule has 11 heteroatoms. The van der Waals surface area contributed by atoms with Crippen LogP contribution in [0.4, 0.5) is 8.78 Å². The second-order valence-electron chi connectivity index (χ2n) is 7.09. The molecule has 0 aliphatic carbocycles. The van der Waals surface area contributed by atoms with Gasteiger partial charge in [-0.3, -0.25) is 4.90 Å². The van der Waals surface area contributed by atoms with Gasteiger partial charge in [-0.15, -0.1) is 24.0 Å². The molecule has 0 aromatic heterocycles. The van der Waals surface area contributed by atoms with Crippen molar-refractivity contribution in [3.63, 3.8) is 0 Å². The Morgan fingerprint density at radius 2 is 1.77 bits per heavy atom. The molecular formula is C20H32F2IN5O3. The van der Waals surface area contributed by atoms with Crippen LogP contribution in [0.1, 0.15) is 19.4 Å². The molecule has 0 bridgehead atoms. The second kappa shape index (κ2) is 13.1. The molecule has 1 aromatic rings. The summed E-state index contributed by atoms with van der Waals surface area (Å²) in [7, 11) is 0. The first-order valence-electron chi connectivity index (χ1n) is 10.4. The van der Waals surface area contributed by atoms with Crippen molar-refractivity contribution >= 4 is 29.9 Å². The number of nitrogens with one attached hydrogen (secondary N) is 2. The van der Waals surface area contributed by atoms with Crippen molar-refractivity contribution in [2.24, 2.45) is 4.99 Å². The Morgan fingerprint density at radius 1 is 1.10 bits per heavy atom. The van der Waals surface area contributed by atoms with E-state index in [9.17, 15) is 8.78 Å². The van der Waals surface area contributed by atoms with E-state index in [1.807, 2.05) is 6.92 Å². The van der Waals surface area contributed by atoms with Crippen LogP contribution in [-0.2, 0) is 6.54 Å². The number of alkyl halides is 2. The second-order valence-corrected chi connectivity index (χ2v) is 7.09. The molecule has 3 rings (SSSR count). The lowest BCUT2D eigenvalue weighted by Crippen LogP contribution is -2.49. The molecule has 1 aromatic carbocycles. The predicted molar refractivity (Wildman–Crippen MR) is 126 cm³/mol. The Hall–Kier alpha value is -1.60. The van der Waals surface area contributed by atoms with Gasteiger partial charge in [0.1, 0.15) is 5.75 Å². The van der Waals surface area contributed by atoms with Crippen LogP contribution in [0.2, 0.25) is 0 Å². The molecule has 2 aliphatic heterocycles. The molecule has 2 N–H and O–H groups in total. The summed E-state index contributed by atoms with van der Waals surface area (Å²) in [5, 5.41) is 6.50. The first kappa shape index (κ1) is 25.7. The van der Waals surface area contributed by atoms with E-state index in [0.717, 1.165) is 45.8 Å². The fourth-order valence-corrected chi connectivity index (χ4v) is 3.46. The van der Waals surface area contributed by atoms with Gasteiger partial charge >= 0.3 is 6.61 Å². The van der Waals surface area contributed by atoms with Crippen LogP contribution in [0.25, 0.3) is 0 Å². The molecule has 1 fully saturated rings. The van der Waals surface area contributed by atoms with Gasteiger partial charge in [0.15, 0.2) is 17.5 Å². The zero-order chi connectivity index (χ0) is 21.3. The highest BCUT2D eigenvalue weighted by Gasteiger charge is 2.20. The standard InChI is InChI=1S/C20H31F2N5O3.HI/c1-3-23-20(24-5-6-27-9-7-26(4-2)8-10-27)25-13-15-11-17-18(29-14-28-17)12-16(15)30-19(21)22;/h11-12,19H,3-10,13-14H2,1-2H3,(H2,23,24,25);1H. The molecule has 8 nitrogen and oxygen atoms in total. The van der Waals surface area contributed by atoms with Crippen LogP contribution in [-0.4, -0.2) is 81.5 Å². The summed E-state index contributed by atoms with van der Waals surface area (Å²) in [4.78, 5) is 9.40. The third-order valence-electron chi connectivity index (χ3n) is 5.16. The number of benzene rings is 1. The number of rotatable bonds is 9. The fourth-order valence-electron chi connectivity index (χ4n) is 3.46. The Balaban J connectivity index is 0.00000341. The number of ether oxygens (including phenoxy) is 3. The van der Waals surface area contributed by atoms with E-state index in [-0.39, 0.29) is 43.1 Å². The van der Waals surface area contributed by atoms with E-state index in [1.54, 1.807) is 6.07 Å². The number of likely N-dealkylation sites (N-methyl/N-ethyl adjacent to an activating group) is 1. The summed E-state index contributed by atoms with van der Waals surface area (Å²) in [6.45, 7) is 9.27. The fraction of sp³-hybridized carbons (Fsp3) is 0.650. The smallest absolute Gasteiger partial charge is 0.387 e. The first-order chi connectivity index (χ1) is 14.6. The van der Waals surface area contributed by atoms with Crippen LogP contribution < -0.4 is 24.8 Å². The lowest BCUT2D eigenvalue weighted by atomic mass is 10.1. The molecule has 0 radical (unpaired) electrons. The lowest BCUT2D eigenvalue weighted by molar-refractivity contribution is -0.0505. The summed E-state index contributed by atoms with van der Waals surface area (Å²) in [6, 6.07) is 3.07. The highest BCUT2D eigenvalue weighted by atomic mass is 127. The van der Waals surface area contributed by atoms with E-state index in [2.05, 4.69) is 37.1 Å². The maximum Gasteiger partial charge on any atom is 0.387 e. The lowest BCUT2D eigenvalue weighted by Gasteiger charge is -2.34. The SMILES string of the molecule is CCNC(=NCc1cc2c(cc1OC(F)F)OCO2)NCCN1CCN(CC)CC1.I. The summed E-state index contributed by atoms with van der Waals surface area (Å²) >= 11 is 0. The van der Waals surface area contributed by atoms with Gasteiger partial charge in [-0.05, 0) is 19.5 Å². The number of aliphatic imine (C=N–C) groups is 1. The molecule has 176 valence electrons. The maximum atomic E-state index is 12.8. The number of guanidine groups is 1. The minimum atomic E-state index is -2.92. The molecule has 2 heterocycles. The number of halogens is 3. The topological polar surface area (TPSA) is 70.6 Å². The van der Waals surface area contributed by atoms with Gasteiger partial charge < -0.3 is 29.7 Å². The zero-order valence-electron chi connectivity index (χ0n) is 18.0. The van der Waals surface area contributed by atoms with E-state index >= 15 is 0 Å². The van der Waals surface area contributed by atoms with E-state index in [0.29, 0.717) is 29.6 Å². The maximum absolute atomic E-state index is 12.8. The summed E-state index contributed by atoms with van der Waals surface area (Å²) in [5.74, 6) is 1.57. The highest BCUT2D eigenvalue weighted by Crippen LogP contribution is 2.39. The Morgan fingerprint density at radius 3 is 2.42 bits per heavy atom. The van der Waals surface area contributed by atoms with Gasteiger partial charge in [-0.25, -0.2) is 4.99 Å². The van der Waals surface area contributed by atoms with Crippen molar-refractivity contribution in [1.82, 2.24) is 20.4 Å². The molecule has 0 spiro atoms. The number of nitrogens with zero attached hydrogens (tertiary/aromatic N) is 3. The molecular weight excluding hydrogens is 523 g/mol.